The van der Waals surface area contributed by atoms with Crippen molar-refractivity contribution in [3.05, 3.63) is 28.8 Å². The van der Waals surface area contributed by atoms with Crippen LogP contribution in [0.5, 0.6) is 0 Å². The van der Waals surface area contributed by atoms with Crippen LogP contribution < -0.4 is 4.90 Å². The van der Waals surface area contributed by atoms with Gasteiger partial charge in [-0.3, -0.25) is 4.79 Å². The van der Waals surface area contributed by atoms with E-state index in [0.29, 0.717) is 22.4 Å². The molecule has 0 bridgehead atoms. The van der Waals surface area contributed by atoms with Crippen LogP contribution in [-0.4, -0.2) is 19.4 Å². The van der Waals surface area contributed by atoms with E-state index in [0.717, 1.165) is 25.1 Å². The fourth-order valence-corrected chi connectivity index (χ4v) is 3.11. The van der Waals surface area contributed by atoms with E-state index in [1.165, 1.54) is 6.42 Å². The Morgan fingerprint density at radius 2 is 1.94 bits per heavy atom. The first-order valence-corrected chi connectivity index (χ1v) is 6.48. The number of nitrogens with zero attached hydrogens (tertiary/aromatic N) is 1. The molecule has 2 unspecified atom stereocenters. The largest absolute Gasteiger partial charge is 0.369 e. The van der Waals surface area contributed by atoms with Crippen LogP contribution in [0.2, 0.25) is 5.02 Å². The monoisotopic (exact) mass is 251 g/mol. The maximum Gasteiger partial charge on any atom is 0.152 e. The van der Waals surface area contributed by atoms with Crippen LogP contribution >= 0.6 is 11.6 Å². The number of hydrogen-bond acceptors (Lipinski definition) is 2. The lowest BCUT2D eigenvalue weighted by atomic mass is 9.91. The van der Waals surface area contributed by atoms with Gasteiger partial charge in [0.2, 0.25) is 0 Å². The van der Waals surface area contributed by atoms with Gasteiger partial charge in [0, 0.05) is 18.7 Å². The van der Waals surface area contributed by atoms with Gasteiger partial charge >= 0.3 is 0 Å². The van der Waals surface area contributed by atoms with E-state index in [-0.39, 0.29) is 0 Å². The van der Waals surface area contributed by atoms with Crippen LogP contribution in [0.4, 0.5) is 5.69 Å². The fraction of sp³-hybridized carbons (Fsp3) is 0.500. The molecule has 0 spiro atoms. The molecule has 2 nitrogen and oxygen atoms in total. The molecular weight excluding hydrogens is 234 g/mol. The van der Waals surface area contributed by atoms with Gasteiger partial charge in [-0.2, -0.15) is 0 Å². The summed E-state index contributed by atoms with van der Waals surface area (Å²) in [6, 6.07) is 5.51. The lowest BCUT2D eigenvalue weighted by molar-refractivity contribution is 0.112. The minimum atomic E-state index is 0.648. The summed E-state index contributed by atoms with van der Waals surface area (Å²) >= 11 is 6.24. The molecule has 1 fully saturated rings. The molecule has 92 valence electrons. The Kier molecular flexibility index (Phi) is 3.72. The summed E-state index contributed by atoms with van der Waals surface area (Å²) in [5.41, 5.74) is 1.60. The molecule has 0 amide bonds. The predicted molar refractivity (Wildman–Crippen MR) is 72.0 cm³/mol. The number of carbonyl (C=O) groups is 1. The van der Waals surface area contributed by atoms with Gasteiger partial charge in [0.15, 0.2) is 6.29 Å². The zero-order valence-corrected chi connectivity index (χ0v) is 11.1. The lowest BCUT2D eigenvalue weighted by Gasteiger charge is -2.37. The summed E-state index contributed by atoms with van der Waals surface area (Å²) in [5, 5.41) is 0.677. The molecule has 0 saturated carbocycles. The first-order valence-electron chi connectivity index (χ1n) is 6.10. The Balaban J connectivity index is 2.35. The third kappa shape index (κ3) is 2.63. The van der Waals surface area contributed by atoms with Crippen LogP contribution in [0.15, 0.2) is 18.2 Å². The van der Waals surface area contributed by atoms with Crippen LogP contribution in [0, 0.1) is 11.8 Å². The number of rotatable bonds is 2. The topological polar surface area (TPSA) is 20.3 Å². The highest BCUT2D eigenvalue weighted by Crippen LogP contribution is 2.33. The normalized spacial score (nSPS) is 24.8. The van der Waals surface area contributed by atoms with Crippen molar-refractivity contribution in [1.29, 1.82) is 0 Å². The second-order valence-electron chi connectivity index (χ2n) is 5.15. The van der Waals surface area contributed by atoms with Gasteiger partial charge in [0.1, 0.15) is 0 Å². The number of halogens is 1. The minimum Gasteiger partial charge on any atom is -0.369 e. The molecule has 0 aliphatic carbocycles. The van der Waals surface area contributed by atoms with E-state index in [1.807, 2.05) is 18.2 Å². The SMILES string of the molecule is CC1CC(C)CN(c2c(Cl)cccc2C=O)C1. The maximum absolute atomic E-state index is 11.1. The van der Waals surface area contributed by atoms with Gasteiger partial charge in [-0.1, -0.05) is 31.5 Å². The molecule has 1 aromatic carbocycles. The number of para-hydroxylation sites is 1. The average molecular weight is 252 g/mol. The van der Waals surface area contributed by atoms with E-state index >= 15 is 0 Å². The minimum absolute atomic E-state index is 0.648. The van der Waals surface area contributed by atoms with Crippen molar-refractivity contribution in [1.82, 2.24) is 0 Å². The summed E-state index contributed by atoms with van der Waals surface area (Å²) < 4.78 is 0. The molecular formula is C14H18ClNO. The van der Waals surface area contributed by atoms with Crippen molar-refractivity contribution >= 4 is 23.6 Å². The van der Waals surface area contributed by atoms with Crippen molar-refractivity contribution in [2.75, 3.05) is 18.0 Å². The summed E-state index contributed by atoms with van der Waals surface area (Å²) in [7, 11) is 0. The smallest absolute Gasteiger partial charge is 0.152 e. The molecule has 1 aliphatic heterocycles. The fourth-order valence-electron chi connectivity index (χ4n) is 2.81. The number of aldehydes is 1. The third-order valence-electron chi connectivity index (χ3n) is 3.33. The molecule has 17 heavy (non-hydrogen) atoms. The number of piperidine rings is 1. The number of anilines is 1. The van der Waals surface area contributed by atoms with E-state index < -0.39 is 0 Å². The number of carbonyl (C=O) groups excluding carboxylic acids is 1. The lowest BCUT2D eigenvalue weighted by Crippen LogP contribution is -2.39. The summed E-state index contributed by atoms with van der Waals surface area (Å²) in [6.07, 6.45) is 2.14. The zero-order chi connectivity index (χ0) is 12.4. The molecule has 3 heteroatoms. The molecule has 2 atom stereocenters. The van der Waals surface area contributed by atoms with Crippen molar-refractivity contribution in [2.24, 2.45) is 11.8 Å². The second kappa shape index (κ2) is 5.09. The summed E-state index contributed by atoms with van der Waals surface area (Å²) in [4.78, 5) is 13.4. The van der Waals surface area contributed by atoms with Gasteiger partial charge < -0.3 is 4.90 Å². The van der Waals surface area contributed by atoms with Gasteiger partial charge in [-0.05, 0) is 30.4 Å². The second-order valence-corrected chi connectivity index (χ2v) is 5.55. The summed E-state index contributed by atoms with van der Waals surface area (Å²) in [6.45, 7) is 6.46. The quantitative estimate of drug-likeness (QED) is 0.748. The molecule has 1 saturated heterocycles. The van der Waals surface area contributed by atoms with Gasteiger partial charge in [-0.15, -0.1) is 0 Å². The maximum atomic E-state index is 11.1. The number of benzene rings is 1. The molecule has 0 N–H and O–H groups in total. The standard InChI is InChI=1S/C14H18ClNO/c1-10-6-11(2)8-16(7-10)14-12(9-17)4-3-5-13(14)15/h3-5,9-11H,6-8H2,1-2H3. The first kappa shape index (κ1) is 12.4. The number of hydrogen-bond donors (Lipinski definition) is 0. The summed E-state index contributed by atoms with van der Waals surface area (Å²) in [5.74, 6) is 1.30. The van der Waals surface area contributed by atoms with Crippen molar-refractivity contribution in [2.45, 2.75) is 20.3 Å². The van der Waals surface area contributed by atoms with Crippen molar-refractivity contribution in [3.63, 3.8) is 0 Å². The van der Waals surface area contributed by atoms with Crippen LogP contribution in [-0.2, 0) is 0 Å². The highest BCUT2D eigenvalue weighted by molar-refractivity contribution is 6.33. The highest BCUT2D eigenvalue weighted by atomic mass is 35.5. The van der Waals surface area contributed by atoms with E-state index in [1.54, 1.807) is 0 Å². The molecule has 2 rings (SSSR count). The highest BCUT2D eigenvalue weighted by Gasteiger charge is 2.24. The van der Waals surface area contributed by atoms with E-state index in [9.17, 15) is 4.79 Å². The van der Waals surface area contributed by atoms with Crippen LogP contribution in [0.1, 0.15) is 30.6 Å². The van der Waals surface area contributed by atoms with Crippen LogP contribution in [0.3, 0.4) is 0 Å². The Morgan fingerprint density at radius 3 is 2.53 bits per heavy atom. The third-order valence-corrected chi connectivity index (χ3v) is 3.64. The predicted octanol–water partition coefficient (Wildman–Crippen LogP) is 3.63. The Morgan fingerprint density at radius 1 is 1.29 bits per heavy atom. The molecule has 1 heterocycles. The van der Waals surface area contributed by atoms with Crippen molar-refractivity contribution in [3.8, 4) is 0 Å². The van der Waals surface area contributed by atoms with E-state index in [2.05, 4.69) is 18.7 Å². The Hall–Kier alpha value is -1.02. The van der Waals surface area contributed by atoms with Gasteiger partial charge in [-0.25, -0.2) is 0 Å². The van der Waals surface area contributed by atoms with Gasteiger partial charge in [0.05, 0.1) is 10.7 Å². The van der Waals surface area contributed by atoms with Crippen LogP contribution in [0.25, 0.3) is 0 Å². The molecule has 0 radical (unpaired) electrons. The van der Waals surface area contributed by atoms with E-state index in [4.69, 9.17) is 11.6 Å². The molecule has 1 aromatic rings. The van der Waals surface area contributed by atoms with Crippen molar-refractivity contribution < 1.29 is 4.79 Å². The average Bonchev–Trinajstić information content (AvgIpc) is 2.27. The molecule has 1 aliphatic rings. The Bertz CT molecular complexity index is 409. The zero-order valence-electron chi connectivity index (χ0n) is 10.3. The Labute approximate surface area is 108 Å². The van der Waals surface area contributed by atoms with Gasteiger partial charge in [0.25, 0.3) is 0 Å². The first-order chi connectivity index (χ1) is 8.11. The molecule has 0 aromatic heterocycles.